The minimum absolute atomic E-state index is 0.105. The Kier molecular flexibility index (Phi) is 7.42. The Bertz CT molecular complexity index is 4360. The maximum atomic E-state index is 9.38. The Morgan fingerprint density at radius 3 is 1.15 bits per heavy atom. The van der Waals surface area contributed by atoms with Gasteiger partial charge >= 0.3 is 0 Å². The Hall–Kier alpha value is -8.98. The maximum Gasteiger partial charge on any atom is 0.0727 e. The minimum Gasteiger partial charge on any atom is -0.310 e. The molecule has 11 aromatic rings. The Morgan fingerprint density at radius 2 is 0.653 bits per heavy atom. The quantitative estimate of drug-likeness (QED) is 0.150. The van der Waals surface area contributed by atoms with Crippen LogP contribution in [-0.2, 0) is 10.8 Å². The monoisotopic (exact) mass is 928 g/mol. The van der Waals surface area contributed by atoms with Gasteiger partial charge in [0.25, 0.3) is 0 Å². The highest BCUT2D eigenvalue weighted by molar-refractivity contribution is 6.01. The fraction of sp³-hybridized carbons (Fsp3) is 0.0571. The fourth-order valence-electron chi connectivity index (χ4n) is 12.2. The van der Waals surface area contributed by atoms with Gasteiger partial charge in [-0.05, 0) is 139 Å². The van der Waals surface area contributed by atoms with Gasteiger partial charge in [-0.1, -0.05) is 220 Å². The molecule has 340 valence electrons. The summed E-state index contributed by atoms with van der Waals surface area (Å²) in [6.45, 7) is 4.61. The van der Waals surface area contributed by atoms with E-state index in [9.17, 15) is 5.48 Å². The van der Waals surface area contributed by atoms with Crippen molar-refractivity contribution in [3.05, 3.63) is 300 Å². The number of hydrogen-bond acceptors (Lipinski definition) is 2. The van der Waals surface area contributed by atoms with Crippen molar-refractivity contribution in [3.63, 3.8) is 0 Å². The van der Waals surface area contributed by atoms with E-state index in [4.69, 9.17) is 8.22 Å². The van der Waals surface area contributed by atoms with Gasteiger partial charge in [0, 0.05) is 45.0 Å². The first kappa shape index (κ1) is 32.8. The molecule has 0 saturated heterocycles. The van der Waals surface area contributed by atoms with Crippen LogP contribution in [-0.4, -0.2) is 0 Å². The van der Waals surface area contributed by atoms with Crippen molar-refractivity contribution in [2.75, 3.05) is 9.80 Å². The molecule has 1 spiro atoms. The number of fused-ring (bicyclic) bond motifs is 13. The summed E-state index contributed by atoms with van der Waals surface area (Å²) in [5, 5.41) is 0. The van der Waals surface area contributed by atoms with Crippen LogP contribution < -0.4 is 9.80 Å². The maximum absolute atomic E-state index is 9.38. The highest BCUT2D eigenvalue weighted by Crippen LogP contribution is 2.64. The molecule has 0 saturated carbocycles. The topological polar surface area (TPSA) is 6.48 Å². The second kappa shape index (κ2) is 16.3. The van der Waals surface area contributed by atoms with Gasteiger partial charge in [-0.3, -0.25) is 0 Å². The van der Waals surface area contributed by atoms with E-state index in [2.05, 4.69) is 164 Å². The summed E-state index contributed by atoms with van der Waals surface area (Å²) < 4.78 is 90.2. The zero-order valence-corrected chi connectivity index (χ0v) is 39.5. The van der Waals surface area contributed by atoms with Gasteiger partial charge in [-0.25, -0.2) is 0 Å². The minimum atomic E-state index is -0.904. The molecule has 2 nitrogen and oxygen atoms in total. The first-order valence-corrected chi connectivity index (χ1v) is 24.4. The number of hydrogen-bond donors (Lipinski definition) is 0. The smallest absolute Gasteiger partial charge is 0.0727 e. The molecule has 0 aliphatic heterocycles. The van der Waals surface area contributed by atoms with Crippen LogP contribution in [0.5, 0.6) is 0 Å². The Morgan fingerprint density at radius 1 is 0.292 bits per heavy atom. The average molecular weight is 929 g/mol. The molecule has 1 atom stereocenters. The second-order valence-corrected chi connectivity index (χ2v) is 19.2. The third-order valence-corrected chi connectivity index (χ3v) is 15.2. The lowest BCUT2D eigenvalue weighted by Crippen LogP contribution is -2.26. The molecule has 72 heavy (non-hydrogen) atoms. The van der Waals surface area contributed by atoms with Crippen LogP contribution in [0.4, 0.5) is 34.1 Å². The predicted molar refractivity (Wildman–Crippen MR) is 301 cm³/mol. The van der Waals surface area contributed by atoms with Crippen LogP contribution in [0.25, 0.3) is 55.6 Å². The van der Waals surface area contributed by atoms with Crippen molar-refractivity contribution in [2.24, 2.45) is 0 Å². The summed E-state index contributed by atoms with van der Waals surface area (Å²) in [6, 6.07) is 65.7. The second-order valence-electron chi connectivity index (χ2n) is 19.2. The Labute approximate surface area is 436 Å². The highest BCUT2D eigenvalue weighted by Gasteiger charge is 2.52. The molecule has 11 aromatic carbocycles. The van der Waals surface area contributed by atoms with Crippen molar-refractivity contribution in [1.82, 2.24) is 0 Å². The summed E-state index contributed by atoms with van der Waals surface area (Å²) in [4.78, 5) is 4.29. The van der Waals surface area contributed by atoms with Gasteiger partial charge in [0.2, 0.25) is 0 Å². The van der Waals surface area contributed by atoms with E-state index >= 15 is 0 Å². The van der Waals surface area contributed by atoms with Gasteiger partial charge in [0.15, 0.2) is 0 Å². The number of rotatable bonds is 8. The number of anilines is 6. The molecule has 0 amide bonds. The number of benzene rings is 11. The first-order chi connectivity index (χ1) is 39.6. The molecule has 3 aliphatic rings. The molecule has 0 radical (unpaired) electrons. The van der Waals surface area contributed by atoms with Crippen molar-refractivity contribution in [2.45, 2.75) is 24.7 Å². The third-order valence-electron chi connectivity index (χ3n) is 15.2. The normalized spacial score (nSPS) is 16.9. The molecule has 2 heteroatoms. The van der Waals surface area contributed by atoms with E-state index < -0.39 is 65.8 Å². The fourth-order valence-corrected chi connectivity index (χ4v) is 12.2. The van der Waals surface area contributed by atoms with Crippen LogP contribution in [0.15, 0.2) is 267 Å². The molecular weight excluding hydrogens is 869 g/mol. The third kappa shape index (κ3) is 6.15. The van der Waals surface area contributed by atoms with Gasteiger partial charge in [0.05, 0.1) is 24.8 Å². The summed E-state index contributed by atoms with van der Waals surface area (Å²) >= 11 is 0. The zero-order chi connectivity index (χ0) is 56.7. The summed E-state index contributed by atoms with van der Waals surface area (Å²) in [5.41, 5.74) is 17.0. The summed E-state index contributed by atoms with van der Waals surface area (Å²) in [7, 11) is 0. The number of nitrogens with zero attached hydrogens (tertiary/aromatic N) is 2. The van der Waals surface area contributed by atoms with E-state index in [1.807, 2.05) is 47.4 Å². The van der Waals surface area contributed by atoms with Crippen molar-refractivity contribution in [1.29, 1.82) is 0 Å². The standard InChI is InChI=1S/C70H50N2/c1-69(2)62-35-18-15-30-56(62)59-41-38-51(44-65(59)69)71(49-26-11-5-12-27-49)52-39-42-60-57-31-16-19-36-63(57)70(66(60)45-52)64-37-20-17-32-58(64)61-43-40-53(46-67(61)70)72(50-28-13-6-14-29-50)68-54(47-22-7-3-8-23-47)33-21-34-55(68)48-24-9-4-10-25-48/h3-46H,1-2H3/i3D,4D,7D,8D,9D,10D,22D,23D,24D,25D. The van der Waals surface area contributed by atoms with Crippen LogP contribution in [0.3, 0.4) is 0 Å². The van der Waals surface area contributed by atoms with E-state index in [0.29, 0.717) is 11.4 Å². The lowest BCUT2D eigenvalue weighted by molar-refractivity contribution is 0.660. The molecule has 1 unspecified atom stereocenters. The van der Waals surface area contributed by atoms with Gasteiger partial charge in [0.1, 0.15) is 0 Å². The predicted octanol–water partition coefficient (Wildman–Crippen LogP) is 18.6. The molecule has 0 N–H and O–H groups in total. The highest BCUT2D eigenvalue weighted by atomic mass is 15.2. The van der Waals surface area contributed by atoms with Crippen LogP contribution >= 0.6 is 0 Å². The van der Waals surface area contributed by atoms with E-state index in [1.165, 1.54) is 22.3 Å². The number of para-hydroxylation sites is 3. The lowest BCUT2D eigenvalue weighted by Gasteiger charge is -2.34. The molecular formula is C70H50N2. The summed E-state index contributed by atoms with van der Waals surface area (Å²) in [5.74, 6) is 0. The lowest BCUT2D eigenvalue weighted by atomic mass is 9.70. The SMILES string of the molecule is [2H]c1c([2H])c([2H])c(-c2cccc(-c3c([2H])c([2H])c([2H])c([2H])c3[2H])c2N(c2ccccc2)c2ccc3c(c2)C2(c4ccccc4-c4ccc(N(c5ccccc5)c5ccc6c(c5)C(C)(C)c5ccccc5-6)cc42)c2ccccc2-3)c([2H])c1[2H]. The van der Waals surface area contributed by atoms with Crippen molar-refractivity contribution in [3.8, 4) is 55.6 Å². The van der Waals surface area contributed by atoms with Gasteiger partial charge in [-0.15, -0.1) is 0 Å². The Balaban J connectivity index is 1.05. The van der Waals surface area contributed by atoms with E-state index in [-0.39, 0.29) is 33.4 Å². The molecule has 0 aromatic heterocycles. The largest absolute Gasteiger partial charge is 0.310 e. The van der Waals surface area contributed by atoms with E-state index in [1.54, 1.807) is 18.2 Å². The summed E-state index contributed by atoms with van der Waals surface area (Å²) in [6.07, 6.45) is 0. The molecule has 14 rings (SSSR count). The van der Waals surface area contributed by atoms with Gasteiger partial charge < -0.3 is 9.80 Å². The first-order valence-electron chi connectivity index (χ1n) is 29.4. The van der Waals surface area contributed by atoms with Crippen LogP contribution in [0, 0.1) is 0 Å². The van der Waals surface area contributed by atoms with Crippen molar-refractivity contribution >= 4 is 34.1 Å². The zero-order valence-electron chi connectivity index (χ0n) is 49.5. The molecule has 0 bridgehead atoms. The molecule has 0 heterocycles. The van der Waals surface area contributed by atoms with Gasteiger partial charge in [-0.2, -0.15) is 0 Å². The molecule has 0 fully saturated rings. The van der Waals surface area contributed by atoms with Crippen LogP contribution in [0.1, 0.15) is 60.9 Å². The average Bonchev–Trinajstić information content (AvgIpc) is 2.13. The van der Waals surface area contributed by atoms with E-state index in [0.717, 1.165) is 61.6 Å². The molecule has 3 aliphatic carbocycles. The van der Waals surface area contributed by atoms with Crippen molar-refractivity contribution < 1.29 is 13.7 Å². The van der Waals surface area contributed by atoms with Crippen LogP contribution in [0.2, 0.25) is 0 Å².